The number of aryl methyl sites for hydroxylation is 1. The Hall–Kier alpha value is -2.98. The summed E-state index contributed by atoms with van der Waals surface area (Å²) in [5.41, 5.74) is 0.796. The monoisotopic (exact) mass is 416 g/mol. The molecule has 1 saturated heterocycles. The van der Waals surface area contributed by atoms with Gasteiger partial charge in [-0.05, 0) is 31.0 Å². The predicted octanol–water partition coefficient (Wildman–Crippen LogP) is 2.11. The molecular formula is C19H20N4O5S. The lowest BCUT2D eigenvalue weighted by molar-refractivity contribution is -0.119. The minimum Gasteiger partial charge on any atom is -0.457 e. The smallest absolute Gasteiger partial charge is 0.246 e. The third-order valence-corrected chi connectivity index (χ3v) is 6.71. The number of carbonyl (C=O) groups is 1. The van der Waals surface area contributed by atoms with E-state index in [-0.39, 0.29) is 41.5 Å². The molecule has 0 aliphatic carbocycles. The van der Waals surface area contributed by atoms with Gasteiger partial charge >= 0.3 is 0 Å². The summed E-state index contributed by atoms with van der Waals surface area (Å²) >= 11 is 0. The summed E-state index contributed by atoms with van der Waals surface area (Å²) in [6.45, 7) is 1.91. The van der Waals surface area contributed by atoms with Crippen molar-refractivity contribution in [1.29, 1.82) is 0 Å². The molecule has 0 aromatic carbocycles. The van der Waals surface area contributed by atoms with E-state index in [4.69, 9.17) is 8.94 Å². The maximum Gasteiger partial charge on any atom is 0.246 e. The number of hydrogen-bond acceptors (Lipinski definition) is 7. The van der Waals surface area contributed by atoms with E-state index in [1.165, 1.54) is 16.6 Å². The van der Waals surface area contributed by atoms with Crippen LogP contribution in [0.1, 0.15) is 24.2 Å². The summed E-state index contributed by atoms with van der Waals surface area (Å²) in [4.78, 5) is 15.6. The Bertz CT molecular complexity index is 1090. The predicted molar refractivity (Wildman–Crippen MR) is 102 cm³/mol. The van der Waals surface area contributed by atoms with Crippen LogP contribution in [-0.4, -0.2) is 41.4 Å². The third kappa shape index (κ3) is 4.08. The lowest BCUT2D eigenvalue weighted by Gasteiger charge is -2.25. The first-order chi connectivity index (χ1) is 13.9. The van der Waals surface area contributed by atoms with E-state index in [1.807, 2.05) is 0 Å². The van der Waals surface area contributed by atoms with Gasteiger partial charge in [0.25, 0.3) is 0 Å². The third-order valence-electron chi connectivity index (χ3n) is 4.79. The maximum atomic E-state index is 13.5. The van der Waals surface area contributed by atoms with Crippen molar-refractivity contribution in [3.63, 3.8) is 0 Å². The number of hydrogen-bond donors (Lipinski definition) is 1. The second-order valence-electron chi connectivity index (χ2n) is 6.86. The molecule has 3 aromatic rings. The van der Waals surface area contributed by atoms with Gasteiger partial charge in [-0.25, -0.2) is 8.42 Å². The van der Waals surface area contributed by atoms with Crippen LogP contribution >= 0.6 is 0 Å². The highest BCUT2D eigenvalue weighted by atomic mass is 32.2. The van der Waals surface area contributed by atoms with E-state index in [0.29, 0.717) is 18.6 Å². The Kier molecular flexibility index (Phi) is 5.20. The molecule has 1 atom stereocenters. The Labute approximate surface area is 167 Å². The molecule has 3 aromatic heterocycles. The lowest BCUT2D eigenvalue weighted by atomic mass is 10.2. The molecule has 1 N–H and O–H groups in total. The van der Waals surface area contributed by atoms with Gasteiger partial charge in [0, 0.05) is 50.1 Å². The van der Waals surface area contributed by atoms with Gasteiger partial charge in [-0.15, -0.1) is 0 Å². The Morgan fingerprint density at radius 1 is 1.21 bits per heavy atom. The summed E-state index contributed by atoms with van der Waals surface area (Å²) in [5.74, 6) is 0.824. The van der Waals surface area contributed by atoms with Crippen LogP contribution in [-0.2, 0) is 21.4 Å². The summed E-state index contributed by atoms with van der Waals surface area (Å²) < 4.78 is 39.0. The highest BCUT2D eigenvalue weighted by molar-refractivity contribution is 7.89. The number of carbonyl (C=O) groups excluding carboxylic acids is 1. The number of furan rings is 1. The molecule has 0 unspecified atom stereocenters. The first kappa shape index (κ1) is 19.3. The van der Waals surface area contributed by atoms with Crippen molar-refractivity contribution in [3.05, 3.63) is 54.2 Å². The number of aromatic nitrogens is 2. The molecule has 10 heteroatoms. The molecule has 152 valence electrons. The Balaban J connectivity index is 1.67. The van der Waals surface area contributed by atoms with E-state index in [1.54, 1.807) is 37.5 Å². The van der Waals surface area contributed by atoms with Crippen molar-refractivity contribution < 1.29 is 22.2 Å². The van der Waals surface area contributed by atoms with Gasteiger partial charge in [-0.2, -0.15) is 4.31 Å². The van der Waals surface area contributed by atoms with E-state index in [2.05, 4.69) is 15.5 Å². The number of pyridine rings is 1. The van der Waals surface area contributed by atoms with Crippen molar-refractivity contribution in [2.75, 3.05) is 6.54 Å². The first-order valence-electron chi connectivity index (χ1n) is 9.13. The van der Waals surface area contributed by atoms with Gasteiger partial charge in [0.1, 0.15) is 10.7 Å². The number of nitrogens with zero attached hydrogens (tertiary/aromatic N) is 3. The minimum absolute atomic E-state index is 0.0577. The quantitative estimate of drug-likeness (QED) is 0.626. The summed E-state index contributed by atoms with van der Waals surface area (Å²) in [6.07, 6.45) is 5.67. The molecular weight excluding hydrogens is 396 g/mol. The van der Waals surface area contributed by atoms with Crippen molar-refractivity contribution in [2.24, 2.45) is 0 Å². The van der Waals surface area contributed by atoms with Gasteiger partial charge in [-0.1, -0.05) is 5.16 Å². The standard InChI is InChI=1S/C19H20N4O5S/c1-13-18(10-17(27-13)16-6-9-21-28-16)29(25,26)23(11-14-4-7-20-8-5-14)12-15-2-3-19(24)22-15/h4-10,15H,2-3,11-12H2,1H3,(H,22,24)/t15-/m0/s1. The molecule has 4 heterocycles. The second kappa shape index (κ2) is 7.80. The molecule has 29 heavy (non-hydrogen) atoms. The summed E-state index contributed by atoms with van der Waals surface area (Å²) in [7, 11) is -3.90. The molecule has 0 saturated carbocycles. The molecule has 1 amide bonds. The highest BCUT2D eigenvalue weighted by Crippen LogP contribution is 2.31. The van der Waals surface area contributed by atoms with E-state index in [0.717, 1.165) is 5.56 Å². The average molecular weight is 416 g/mol. The molecule has 0 radical (unpaired) electrons. The number of sulfonamides is 1. The molecule has 1 fully saturated rings. The molecule has 9 nitrogen and oxygen atoms in total. The van der Waals surface area contributed by atoms with Crippen molar-refractivity contribution in [3.8, 4) is 11.5 Å². The van der Waals surface area contributed by atoms with Crippen LogP contribution in [0.15, 0.2) is 56.7 Å². The number of rotatable bonds is 7. The highest BCUT2D eigenvalue weighted by Gasteiger charge is 2.33. The van der Waals surface area contributed by atoms with E-state index < -0.39 is 10.0 Å². The Morgan fingerprint density at radius 3 is 2.66 bits per heavy atom. The normalized spacial score (nSPS) is 17.0. The van der Waals surface area contributed by atoms with Gasteiger partial charge in [0.05, 0.1) is 6.20 Å². The fourth-order valence-electron chi connectivity index (χ4n) is 3.32. The second-order valence-corrected chi connectivity index (χ2v) is 8.77. The van der Waals surface area contributed by atoms with Gasteiger partial charge in [0.2, 0.25) is 21.7 Å². The van der Waals surface area contributed by atoms with Crippen molar-refractivity contribution in [2.45, 2.75) is 37.2 Å². The zero-order chi connectivity index (χ0) is 20.4. The molecule has 0 bridgehead atoms. The van der Waals surface area contributed by atoms with Gasteiger partial charge < -0.3 is 14.3 Å². The largest absolute Gasteiger partial charge is 0.457 e. The fraction of sp³-hybridized carbons (Fsp3) is 0.316. The molecule has 1 aliphatic rings. The SMILES string of the molecule is Cc1oc(-c2ccno2)cc1S(=O)(=O)N(Cc1ccncc1)C[C@@H]1CCC(=O)N1. The average Bonchev–Trinajstić information content (AvgIpc) is 3.43. The zero-order valence-corrected chi connectivity index (χ0v) is 16.6. The van der Waals surface area contributed by atoms with Crippen molar-refractivity contribution in [1.82, 2.24) is 19.8 Å². The van der Waals surface area contributed by atoms with Crippen molar-refractivity contribution >= 4 is 15.9 Å². The molecule has 0 spiro atoms. The molecule has 4 rings (SSSR count). The van der Waals surface area contributed by atoms with E-state index >= 15 is 0 Å². The minimum atomic E-state index is -3.90. The summed E-state index contributed by atoms with van der Waals surface area (Å²) in [5, 5.41) is 6.46. The van der Waals surface area contributed by atoms with Crippen LogP contribution in [0, 0.1) is 6.92 Å². The van der Waals surface area contributed by atoms with Crippen LogP contribution in [0.3, 0.4) is 0 Å². The zero-order valence-electron chi connectivity index (χ0n) is 15.7. The summed E-state index contributed by atoms with van der Waals surface area (Å²) in [6, 6.07) is 6.32. The van der Waals surface area contributed by atoms with Crippen LogP contribution in [0.2, 0.25) is 0 Å². The van der Waals surface area contributed by atoms with Gasteiger partial charge in [-0.3, -0.25) is 9.78 Å². The van der Waals surface area contributed by atoms with Crippen LogP contribution < -0.4 is 5.32 Å². The number of amides is 1. The topological polar surface area (TPSA) is 119 Å². The van der Waals surface area contributed by atoms with Crippen LogP contribution in [0.5, 0.6) is 0 Å². The fourth-order valence-corrected chi connectivity index (χ4v) is 4.96. The van der Waals surface area contributed by atoms with E-state index in [9.17, 15) is 13.2 Å². The maximum absolute atomic E-state index is 13.5. The van der Waals surface area contributed by atoms with Crippen LogP contribution in [0.4, 0.5) is 0 Å². The lowest BCUT2D eigenvalue weighted by Crippen LogP contribution is -2.41. The van der Waals surface area contributed by atoms with Gasteiger partial charge in [0.15, 0.2) is 5.76 Å². The Morgan fingerprint density at radius 2 is 2.00 bits per heavy atom. The molecule has 1 aliphatic heterocycles. The van der Waals surface area contributed by atoms with Crippen LogP contribution in [0.25, 0.3) is 11.5 Å². The number of nitrogens with one attached hydrogen (secondary N) is 1. The first-order valence-corrected chi connectivity index (χ1v) is 10.6.